The number of hydrogen-bond acceptors (Lipinski definition) is 4. The first kappa shape index (κ1) is 21.9. The maximum atomic E-state index is 12.7. The summed E-state index contributed by atoms with van der Waals surface area (Å²) in [6.45, 7) is 0.553. The Hall–Kier alpha value is -3.29. The molecule has 0 atom stereocenters. The summed E-state index contributed by atoms with van der Waals surface area (Å²) in [4.78, 5) is 29.6. The van der Waals surface area contributed by atoms with Crippen LogP contribution < -0.4 is 10.6 Å². The Morgan fingerprint density at radius 3 is 2.41 bits per heavy atom. The van der Waals surface area contributed by atoms with Crippen LogP contribution in [-0.4, -0.2) is 27.1 Å². The molecule has 2 amide bonds. The summed E-state index contributed by atoms with van der Waals surface area (Å²) in [5, 5.41) is 7.00. The maximum absolute atomic E-state index is 12.7. The highest BCUT2D eigenvalue weighted by atomic mass is 35.5. The fourth-order valence-corrected chi connectivity index (χ4v) is 4.14. The average molecular weight is 465 g/mol. The summed E-state index contributed by atoms with van der Waals surface area (Å²) in [7, 11) is 0. The molecule has 162 valence electrons. The summed E-state index contributed by atoms with van der Waals surface area (Å²) < 4.78 is 1.83. The van der Waals surface area contributed by atoms with Gasteiger partial charge in [0.1, 0.15) is 6.54 Å². The van der Waals surface area contributed by atoms with Gasteiger partial charge in [0.25, 0.3) is 0 Å². The molecule has 4 aromatic rings. The lowest BCUT2D eigenvalue weighted by atomic mass is 10.2. The molecule has 0 unspecified atom stereocenters. The normalized spacial score (nSPS) is 10.8. The zero-order chi connectivity index (χ0) is 22.3. The van der Waals surface area contributed by atoms with E-state index in [4.69, 9.17) is 11.6 Å². The Balaban J connectivity index is 1.43. The molecule has 0 spiro atoms. The highest BCUT2D eigenvalue weighted by Crippen LogP contribution is 2.24. The molecule has 8 heteroatoms. The number of thioether (sulfide) groups is 1. The van der Waals surface area contributed by atoms with Crippen molar-refractivity contribution in [3.63, 3.8) is 0 Å². The van der Waals surface area contributed by atoms with Crippen molar-refractivity contribution < 1.29 is 9.59 Å². The van der Waals surface area contributed by atoms with E-state index >= 15 is 0 Å². The minimum Gasteiger partial charge on any atom is -0.351 e. The third-order valence-electron chi connectivity index (χ3n) is 4.71. The fourth-order valence-electron chi connectivity index (χ4n) is 3.17. The molecule has 0 saturated heterocycles. The largest absolute Gasteiger partial charge is 0.351 e. The molecule has 0 saturated carbocycles. The van der Waals surface area contributed by atoms with Crippen LogP contribution in [0.15, 0.2) is 84.0 Å². The van der Waals surface area contributed by atoms with Crippen LogP contribution in [0.3, 0.4) is 0 Å². The van der Waals surface area contributed by atoms with Crippen molar-refractivity contribution in [2.24, 2.45) is 0 Å². The number of halogens is 1. The third-order valence-corrected chi connectivity index (χ3v) is 5.94. The first-order valence-electron chi connectivity index (χ1n) is 10.0. The Kier molecular flexibility index (Phi) is 7.09. The van der Waals surface area contributed by atoms with E-state index in [2.05, 4.69) is 15.6 Å². The number of rotatable bonds is 8. The summed E-state index contributed by atoms with van der Waals surface area (Å²) in [6.07, 6.45) is 0. The molecule has 6 nitrogen and oxygen atoms in total. The van der Waals surface area contributed by atoms with Gasteiger partial charge in [0.15, 0.2) is 5.16 Å². The van der Waals surface area contributed by atoms with Crippen molar-refractivity contribution in [1.29, 1.82) is 0 Å². The van der Waals surface area contributed by atoms with E-state index in [-0.39, 0.29) is 24.1 Å². The van der Waals surface area contributed by atoms with Crippen LogP contribution in [0.25, 0.3) is 11.0 Å². The minimum absolute atomic E-state index is 0.0805. The lowest BCUT2D eigenvalue weighted by molar-refractivity contribution is -0.118. The van der Waals surface area contributed by atoms with Gasteiger partial charge in [-0.1, -0.05) is 65.8 Å². The van der Waals surface area contributed by atoms with Gasteiger partial charge in [-0.05, 0) is 42.0 Å². The van der Waals surface area contributed by atoms with Crippen LogP contribution in [0, 0.1) is 0 Å². The van der Waals surface area contributed by atoms with Crippen LogP contribution in [0.2, 0.25) is 5.02 Å². The molecule has 4 rings (SSSR count). The Bertz CT molecular complexity index is 1230. The smallest absolute Gasteiger partial charge is 0.244 e. The molecule has 0 aliphatic rings. The summed E-state index contributed by atoms with van der Waals surface area (Å²) in [5.41, 5.74) is 3.32. The molecular weight excluding hydrogens is 444 g/mol. The van der Waals surface area contributed by atoms with Crippen LogP contribution >= 0.6 is 23.4 Å². The molecule has 2 N–H and O–H groups in total. The molecule has 3 aromatic carbocycles. The predicted molar refractivity (Wildman–Crippen MR) is 129 cm³/mol. The number of imidazole rings is 1. The minimum atomic E-state index is -0.189. The molecule has 0 aliphatic carbocycles. The van der Waals surface area contributed by atoms with Gasteiger partial charge in [0.2, 0.25) is 11.8 Å². The van der Waals surface area contributed by atoms with E-state index in [1.165, 1.54) is 11.8 Å². The Morgan fingerprint density at radius 2 is 1.62 bits per heavy atom. The number of hydrogen-bond donors (Lipinski definition) is 2. The van der Waals surface area contributed by atoms with Gasteiger partial charge >= 0.3 is 0 Å². The standard InChI is InChI=1S/C24H21ClN4O2S/c25-18-10-12-19(13-11-18)27-22(30)15-29-21-9-5-4-8-20(21)28-24(29)32-16-23(31)26-14-17-6-2-1-3-7-17/h1-13H,14-16H2,(H,26,31)(H,27,30). The highest BCUT2D eigenvalue weighted by Gasteiger charge is 2.15. The zero-order valence-electron chi connectivity index (χ0n) is 17.1. The Labute approximate surface area is 195 Å². The molecule has 0 radical (unpaired) electrons. The Morgan fingerprint density at radius 1 is 0.906 bits per heavy atom. The van der Waals surface area contributed by atoms with Crippen molar-refractivity contribution in [1.82, 2.24) is 14.9 Å². The molecule has 0 aliphatic heterocycles. The number of benzene rings is 3. The van der Waals surface area contributed by atoms with E-state index < -0.39 is 0 Å². The molecular formula is C24H21ClN4O2S. The average Bonchev–Trinajstić information content (AvgIpc) is 3.16. The van der Waals surface area contributed by atoms with E-state index in [0.717, 1.165) is 16.6 Å². The van der Waals surface area contributed by atoms with Crippen molar-refractivity contribution in [2.75, 3.05) is 11.1 Å². The molecule has 0 fully saturated rings. The number of anilines is 1. The van der Waals surface area contributed by atoms with Crippen LogP contribution in [-0.2, 0) is 22.7 Å². The second kappa shape index (κ2) is 10.3. The van der Waals surface area contributed by atoms with E-state index in [9.17, 15) is 9.59 Å². The first-order chi connectivity index (χ1) is 15.6. The number of amides is 2. The van der Waals surface area contributed by atoms with Crippen molar-refractivity contribution in [3.05, 3.63) is 89.4 Å². The lowest BCUT2D eigenvalue weighted by Crippen LogP contribution is -2.25. The number of carbonyl (C=O) groups excluding carboxylic acids is 2. The van der Waals surface area contributed by atoms with Gasteiger partial charge in [0.05, 0.1) is 16.8 Å². The van der Waals surface area contributed by atoms with Crippen molar-refractivity contribution >= 4 is 51.9 Å². The first-order valence-corrected chi connectivity index (χ1v) is 11.4. The fraction of sp³-hybridized carbons (Fsp3) is 0.125. The van der Waals surface area contributed by atoms with Gasteiger partial charge < -0.3 is 15.2 Å². The van der Waals surface area contributed by atoms with Crippen molar-refractivity contribution in [3.8, 4) is 0 Å². The number of carbonyl (C=O) groups is 2. The van der Waals surface area contributed by atoms with Crippen LogP contribution in [0.5, 0.6) is 0 Å². The maximum Gasteiger partial charge on any atom is 0.244 e. The summed E-state index contributed by atoms with van der Waals surface area (Å²) >= 11 is 7.22. The number of nitrogens with zero attached hydrogens (tertiary/aromatic N) is 2. The van der Waals surface area contributed by atoms with Gasteiger partial charge in [-0.3, -0.25) is 9.59 Å². The second-order valence-corrected chi connectivity index (χ2v) is 8.45. The monoisotopic (exact) mass is 464 g/mol. The van der Waals surface area contributed by atoms with E-state index in [1.54, 1.807) is 24.3 Å². The van der Waals surface area contributed by atoms with Crippen LogP contribution in [0.1, 0.15) is 5.56 Å². The van der Waals surface area contributed by atoms with Crippen LogP contribution in [0.4, 0.5) is 5.69 Å². The van der Waals surface area contributed by atoms with Gasteiger partial charge in [-0.15, -0.1) is 0 Å². The van der Waals surface area contributed by atoms with E-state index in [0.29, 0.717) is 22.4 Å². The molecule has 32 heavy (non-hydrogen) atoms. The summed E-state index contributed by atoms with van der Waals surface area (Å²) in [6, 6.07) is 24.3. The number of nitrogens with one attached hydrogen (secondary N) is 2. The quantitative estimate of drug-likeness (QED) is 0.369. The topological polar surface area (TPSA) is 76.0 Å². The molecule has 0 bridgehead atoms. The van der Waals surface area contributed by atoms with Gasteiger partial charge in [-0.2, -0.15) is 0 Å². The van der Waals surface area contributed by atoms with E-state index in [1.807, 2.05) is 59.2 Å². The zero-order valence-corrected chi connectivity index (χ0v) is 18.7. The number of para-hydroxylation sites is 2. The molecule has 1 aromatic heterocycles. The third kappa shape index (κ3) is 5.69. The predicted octanol–water partition coefficient (Wildman–Crippen LogP) is 4.74. The summed E-state index contributed by atoms with van der Waals surface area (Å²) in [5.74, 6) is -0.0801. The SMILES string of the molecule is O=C(CSc1nc2ccccc2n1CC(=O)Nc1ccc(Cl)cc1)NCc1ccccc1. The highest BCUT2D eigenvalue weighted by molar-refractivity contribution is 7.99. The van der Waals surface area contributed by atoms with Gasteiger partial charge in [-0.25, -0.2) is 4.98 Å². The number of fused-ring (bicyclic) bond motifs is 1. The second-order valence-electron chi connectivity index (χ2n) is 7.08. The molecule has 1 heterocycles. The van der Waals surface area contributed by atoms with Gasteiger partial charge in [0, 0.05) is 17.3 Å². The number of aromatic nitrogens is 2. The van der Waals surface area contributed by atoms with Crippen molar-refractivity contribution in [2.45, 2.75) is 18.2 Å². The lowest BCUT2D eigenvalue weighted by Gasteiger charge is -2.10.